The topological polar surface area (TPSA) is 235 Å². The average molecular weight is 925 g/mol. The lowest BCUT2D eigenvalue weighted by Gasteiger charge is -2.12. The zero-order valence-corrected chi connectivity index (χ0v) is 35.5. The van der Waals surface area contributed by atoms with Gasteiger partial charge in [-0.25, -0.2) is 9.97 Å². The summed E-state index contributed by atoms with van der Waals surface area (Å²) >= 11 is 13.0. The molecule has 2 amide bonds. The number of aryl methyl sites for hydroxylation is 2. The molecule has 0 spiro atoms. The number of halogens is 3. The van der Waals surface area contributed by atoms with E-state index in [1.807, 2.05) is 58.2 Å². The first-order valence-electron chi connectivity index (χ1n) is 18.8. The number of benzene rings is 2. The number of hydrogen-bond acceptors (Lipinski definition) is 12. The molecule has 16 nitrogen and oxygen atoms in total. The number of carbonyl (C=O) groups excluding carboxylic acids is 2. The number of rotatable bonds is 12. The smallest absolute Gasteiger partial charge is 0.238 e. The van der Waals surface area contributed by atoms with E-state index in [-0.39, 0.29) is 17.1 Å². The van der Waals surface area contributed by atoms with Crippen molar-refractivity contribution in [2.45, 2.75) is 64.5 Å². The maximum atomic E-state index is 12.8. The van der Waals surface area contributed by atoms with Crippen molar-refractivity contribution in [3.8, 4) is 0 Å². The minimum Gasteiger partial charge on any atom is -0.354 e. The van der Waals surface area contributed by atoms with Crippen LogP contribution in [0.2, 0.25) is 5.28 Å². The fourth-order valence-corrected chi connectivity index (χ4v) is 7.48. The summed E-state index contributed by atoms with van der Waals surface area (Å²) in [5.74, 6) is -0.785. The number of hydrogen-bond donors (Lipinski definition) is 6. The molecule has 6 heterocycles. The molecule has 19 heteroatoms. The number of anilines is 3. The van der Waals surface area contributed by atoms with Crippen molar-refractivity contribution in [2.24, 2.45) is 17.2 Å². The van der Waals surface area contributed by atoms with Crippen LogP contribution >= 0.6 is 43.5 Å². The standard InChI is InChI=1S/C19H22BrN7O.C16H13BrClN5O.C3H10N2/c1-2-8-27-10-13-16(24-19(22-7-3-6-21)25-17(13)26-27)15-12-9-11(20)4-5-14(12)23-18(15)28;1-2-5-23-7-10-13(20-16(18)21-14(10)22-23)12-9-6-8(17)3-4-11(9)19-15(12)24;4-2-1-3-5/h4-5,9-10,15H,2-3,6-8,21H2,1H3,(H,23,28)(H,22,25,26);3-4,6-7,12H,2,5H2,1H3,(H,19,24);1-5H2. The Morgan fingerprint density at radius 1 is 0.719 bits per heavy atom. The molecule has 0 saturated carbocycles. The molecular weight excluding hydrogens is 880 g/mol. The summed E-state index contributed by atoms with van der Waals surface area (Å²) in [6, 6.07) is 11.5. The fraction of sp³-hybridized carbons (Fsp3) is 0.368. The van der Waals surface area contributed by atoms with Crippen molar-refractivity contribution in [1.29, 1.82) is 0 Å². The van der Waals surface area contributed by atoms with Crippen LogP contribution in [-0.2, 0) is 22.7 Å². The number of fused-ring (bicyclic) bond motifs is 4. The van der Waals surface area contributed by atoms with E-state index in [1.54, 1.807) is 0 Å². The first-order chi connectivity index (χ1) is 27.6. The summed E-state index contributed by atoms with van der Waals surface area (Å²) < 4.78 is 5.50. The fourth-order valence-electron chi connectivity index (χ4n) is 6.55. The van der Waals surface area contributed by atoms with Crippen LogP contribution < -0.4 is 33.2 Å². The molecule has 6 aromatic rings. The third kappa shape index (κ3) is 9.59. The highest BCUT2D eigenvalue weighted by atomic mass is 79.9. The molecule has 0 fully saturated rings. The minimum absolute atomic E-state index is 0.0931. The molecule has 57 heavy (non-hydrogen) atoms. The van der Waals surface area contributed by atoms with Crippen LogP contribution in [0.15, 0.2) is 57.7 Å². The Kier molecular flexibility index (Phi) is 14.2. The van der Waals surface area contributed by atoms with Gasteiger partial charge in [0, 0.05) is 52.3 Å². The molecule has 0 aliphatic carbocycles. The molecule has 0 bridgehead atoms. The second kappa shape index (κ2) is 19.2. The van der Waals surface area contributed by atoms with Gasteiger partial charge < -0.3 is 33.2 Å². The summed E-state index contributed by atoms with van der Waals surface area (Å²) in [6.07, 6.45) is 7.47. The Morgan fingerprint density at radius 3 is 1.68 bits per heavy atom. The lowest BCUT2D eigenvalue weighted by Crippen LogP contribution is -2.17. The van der Waals surface area contributed by atoms with Gasteiger partial charge in [-0.15, -0.1) is 0 Å². The van der Waals surface area contributed by atoms with Crippen LogP contribution in [0.4, 0.5) is 17.3 Å². The second-order valence-electron chi connectivity index (χ2n) is 13.4. The van der Waals surface area contributed by atoms with Crippen molar-refractivity contribution in [3.05, 3.63) is 85.5 Å². The SMILES string of the molecule is CCCn1cc2c(C3C(=O)Nc4ccc(Br)cc43)nc(Cl)nc2n1.CCCn1cc2c(C3C(=O)Nc4ccc(Br)cc43)nc(NCCCN)nc2n1.NCCCN. The zero-order valence-electron chi connectivity index (χ0n) is 31.6. The minimum atomic E-state index is -0.528. The maximum Gasteiger partial charge on any atom is 0.238 e. The zero-order chi connectivity index (χ0) is 40.6. The molecule has 2 atom stereocenters. The van der Waals surface area contributed by atoms with Crippen LogP contribution in [0, 0.1) is 0 Å². The lowest BCUT2D eigenvalue weighted by molar-refractivity contribution is -0.117. The number of nitrogens with zero attached hydrogens (tertiary/aromatic N) is 8. The second-order valence-corrected chi connectivity index (χ2v) is 15.5. The van der Waals surface area contributed by atoms with E-state index in [0.717, 1.165) is 94.1 Å². The Morgan fingerprint density at radius 2 is 1.21 bits per heavy atom. The number of amides is 2. The quantitative estimate of drug-likeness (QED) is 0.0625. The molecule has 0 radical (unpaired) electrons. The summed E-state index contributed by atoms with van der Waals surface area (Å²) in [4.78, 5) is 43.2. The first-order valence-corrected chi connectivity index (χ1v) is 20.8. The third-order valence-corrected chi connectivity index (χ3v) is 10.3. The van der Waals surface area contributed by atoms with Gasteiger partial charge in [-0.2, -0.15) is 20.2 Å². The molecule has 2 aliphatic heterocycles. The highest BCUT2D eigenvalue weighted by Gasteiger charge is 2.37. The highest BCUT2D eigenvalue weighted by molar-refractivity contribution is 9.10. The molecule has 0 saturated heterocycles. The van der Waals surface area contributed by atoms with Crippen LogP contribution in [0.25, 0.3) is 22.1 Å². The van der Waals surface area contributed by atoms with E-state index in [2.05, 4.69) is 86.8 Å². The first kappa shape index (κ1) is 42.0. The molecule has 2 unspecified atom stereocenters. The van der Waals surface area contributed by atoms with Gasteiger partial charge >= 0.3 is 0 Å². The van der Waals surface area contributed by atoms with E-state index in [0.29, 0.717) is 41.7 Å². The van der Waals surface area contributed by atoms with Crippen LogP contribution in [0.1, 0.15) is 73.9 Å². The van der Waals surface area contributed by atoms with Gasteiger partial charge in [-0.3, -0.25) is 19.0 Å². The monoisotopic (exact) mass is 922 g/mol. The van der Waals surface area contributed by atoms with Crippen molar-refractivity contribution in [1.82, 2.24) is 39.5 Å². The van der Waals surface area contributed by atoms with Crippen molar-refractivity contribution >= 4 is 94.7 Å². The van der Waals surface area contributed by atoms with Gasteiger partial charge in [0.2, 0.25) is 23.0 Å². The summed E-state index contributed by atoms with van der Waals surface area (Å²) in [5.41, 5.74) is 21.4. The van der Waals surface area contributed by atoms with Crippen molar-refractivity contribution in [2.75, 3.05) is 42.1 Å². The van der Waals surface area contributed by atoms with E-state index in [9.17, 15) is 9.59 Å². The Bertz CT molecular complexity index is 2380. The number of nitrogens with one attached hydrogen (secondary N) is 3. The van der Waals surface area contributed by atoms with Crippen molar-refractivity contribution in [3.63, 3.8) is 0 Å². The van der Waals surface area contributed by atoms with Gasteiger partial charge in [-0.05, 0) is 104 Å². The summed E-state index contributed by atoms with van der Waals surface area (Å²) in [7, 11) is 0. The molecule has 9 N–H and O–H groups in total. The van der Waals surface area contributed by atoms with Gasteiger partial charge in [0.15, 0.2) is 11.3 Å². The highest BCUT2D eigenvalue weighted by Crippen LogP contribution is 2.41. The van der Waals surface area contributed by atoms with Crippen LogP contribution in [-0.4, -0.2) is 77.5 Å². The number of carbonyl (C=O) groups is 2. The molecule has 8 rings (SSSR count). The van der Waals surface area contributed by atoms with E-state index in [4.69, 9.17) is 33.8 Å². The van der Waals surface area contributed by atoms with E-state index < -0.39 is 11.8 Å². The maximum absolute atomic E-state index is 12.8. The number of nitrogens with two attached hydrogens (primary N) is 3. The Labute approximate surface area is 351 Å². The van der Waals surface area contributed by atoms with Gasteiger partial charge in [0.05, 0.1) is 22.2 Å². The molecule has 2 aliphatic rings. The molecular formula is C38H45Br2ClN14O2. The third-order valence-electron chi connectivity index (χ3n) is 9.10. The summed E-state index contributed by atoms with van der Waals surface area (Å²) in [6.45, 7) is 8.40. The lowest BCUT2D eigenvalue weighted by atomic mass is 9.95. The molecule has 300 valence electrons. The van der Waals surface area contributed by atoms with Crippen LogP contribution in [0.3, 0.4) is 0 Å². The summed E-state index contributed by atoms with van der Waals surface area (Å²) in [5, 5.41) is 19.7. The van der Waals surface area contributed by atoms with Gasteiger partial charge in [-0.1, -0.05) is 45.7 Å². The van der Waals surface area contributed by atoms with Gasteiger partial charge in [0.1, 0.15) is 11.8 Å². The Hall–Kier alpha value is -4.59. The molecule has 2 aromatic carbocycles. The van der Waals surface area contributed by atoms with Crippen molar-refractivity contribution < 1.29 is 9.59 Å². The van der Waals surface area contributed by atoms with E-state index in [1.165, 1.54) is 0 Å². The van der Waals surface area contributed by atoms with Gasteiger partial charge in [0.25, 0.3) is 0 Å². The largest absolute Gasteiger partial charge is 0.354 e. The normalized spacial score (nSPS) is 15.4. The van der Waals surface area contributed by atoms with Crippen LogP contribution in [0.5, 0.6) is 0 Å². The Balaban J connectivity index is 0.000000174. The average Bonchev–Trinajstić information content (AvgIpc) is 3.94. The predicted octanol–water partition coefficient (Wildman–Crippen LogP) is 5.87. The molecule has 4 aromatic heterocycles. The predicted molar refractivity (Wildman–Crippen MR) is 230 cm³/mol. The number of aromatic nitrogens is 8. The van der Waals surface area contributed by atoms with E-state index >= 15 is 0 Å².